The minimum atomic E-state index is -0.0868. The Morgan fingerprint density at radius 1 is 0.327 bits per heavy atom. The van der Waals surface area contributed by atoms with Crippen LogP contribution in [0.25, 0.3) is 66.3 Å². The third-order valence-corrected chi connectivity index (χ3v) is 10.9. The van der Waals surface area contributed by atoms with Gasteiger partial charge in [0.05, 0.1) is 11.4 Å². The molecule has 1 aliphatic heterocycles. The third kappa shape index (κ3) is 5.85. The average molecular weight is 703 g/mol. The Hall–Kier alpha value is -7.16. The molecule has 0 saturated heterocycles. The molecule has 55 heavy (non-hydrogen) atoms. The zero-order chi connectivity index (χ0) is 36.6. The quantitative estimate of drug-likeness (QED) is 0.166. The number of anilines is 1. The fourth-order valence-electron chi connectivity index (χ4n) is 8.37. The van der Waals surface area contributed by atoms with Gasteiger partial charge in [-0.1, -0.05) is 200 Å². The molecule has 0 aliphatic carbocycles. The van der Waals surface area contributed by atoms with E-state index in [2.05, 4.69) is 229 Å². The lowest BCUT2D eigenvalue weighted by Crippen LogP contribution is -2.28. The van der Waals surface area contributed by atoms with Gasteiger partial charge in [-0.3, -0.25) is 0 Å². The number of rotatable bonds is 7. The molecular formula is C53H38N2. The molecule has 1 atom stereocenters. The highest BCUT2D eigenvalue weighted by atomic mass is 15.3. The van der Waals surface area contributed by atoms with Crippen LogP contribution in [0.5, 0.6) is 0 Å². The zero-order valence-electron chi connectivity index (χ0n) is 30.3. The van der Waals surface area contributed by atoms with Crippen molar-refractivity contribution in [3.8, 4) is 33.4 Å². The van der Waals surface area contributed by atoms with Crippen LogP contribution in [0.3, 0.4) is 0 Å². The smallest absolute Gasteiger partial charge is 0.130 e. The second-order valence-corrected chi connectivity index (χ2v) is 14.1. The second-order valence-electron chi connectivity index (χ2n) is 14.1. The van der Waals surface area contributed by atoms with Gasteiger partial charge in [0.25, 0.3) is 0 Å². The minimum absolute atomic E-state index is 0.0868. The summed E-state index contributed by atoms with van der Waals surface area (Å²) in [6, 6.07) is 78.9. The van der Waals surface area contributed by atoms with Crippen LogP contribution in [-0.4, -0.2) is 0 Å². The molecule has 1 unspecified atom stereocenters. The number of hydrogen-bond donors (Lipinski definition) is 1. The summed E-state index contributed by atoms with van der Waals surface area (Å²) in [5, 5.41) is 8.98. The number of fused-ring (bicyclic) bond motifs is 2. The van der Waals surface area contributed by atoms with Gasteiger partial charge in [-0.25, -0.2) is 0 Å². The van der Waals surface area contributed by atoms with E-state index in [9.17, 15) is 0 Å². The van der Waals surface area contributed by atoms with E-state index in [4.69, 9.17) is 0 Å². The monoisotopic (exact) mass is 702 g/mol. The molecule has 0 saturated carbocycles. The van der Waals surface area contributed by atoms with Gasteiger partial charge in [-0.15, -0.1) is 0 Å². The fourth-order valence-corrected chi connectivity index (χ4v) is 8.37. The summed E-state index contributed by atoms with van der Waals surface area (Å²) in [5.74, 6) is 0. The van der Waals surface area contributed by atoms with Gasteiger partial charge >= 0.3 is 0 Å². The molecule has 9 aromatic carbocycles. The van der Waals surface area contributed by atoms with Gasteiger partial charge in [0.15, 0.2) is 0 Å². The predicted molar refractivity (Wildman–Crippen MR) is 232 cm³/mol. The molecule has 0 bridgehead atoms. The Bertz CT molecular complexity index is 2790. The molecule has 2 nitrogen and oxygen atoms in total. The normalized spacial score (nSPS) is 14.0. The van der Waals surface area contributed by atoms with Gasteiger partial charge in [-0.2, -0.15) is 0 Å². The maximum absolute atomic E-state index is 3.95. The van der Waals surface area contributed by atoms with E-state index in [0.29, 0.717) is 0 Å². The molecular weight excluding hydrogens is 665 g/mol. The molecule has 1 aliphatic rings. The van der Waals surface area contributed by atoms with Crippen LogP contribution in [0, 0.1) is 0 Å². The first-order valence-electron chi connectivity index (χ1n) is 19.0. The molecule has 260 valence electrons. The molecule has 0 radical (unpaired) electrons. The van der Waals surface area contributed by atoms with Gasteiger partial charge in [0.2, 0.25) is 0 Å². The summed E-state index contributed by atoms with van der Waals surface area (Å²) in [7, 11) is 0. The molecule has 10 rings (SSSR count). The van der Waals surface area contributed by atoms with Crippen LogP contribution < -0.4 is 10.2 Å². The largest absolute Gasteiger partial charge is 0.359 e. The van der Waals surface area contributed by atoms with Crippen molar-refractivity contribution in [2.45, 2.75) is 6.17 Å². The standard InChI is InChI=1S/C53H38N2/c1-6-18-38(19-7-1)49-45-28-16-17-29-46(45)50(39-20-8-2-9-21-39)48-36-43(32-35-47(48)49)37-30-33-44(34-31-37)55-52(41-24-12-4-13-25-41)51(40-22-10-3-11-23-40)54-53(55)42-26-14-5-15-27-42/h1-36,53-54H. The number of nitrogens with one attached hydrogen (secondary N) is 1. The number of nitrogens with zero attached hydrogens (tertiary/aromatic N) is 1. The highest BCUT2D eigenvalue weighted by Gasteiger charge is 2.35. The van der Waals surface area contributed by atoms with Crippen molar-refractivity contribution < 1.29 is 0 Å². The van der Waals surface area contributed by atoms with Crippen molar-refractivity contribution in [3.05, 3.63) is 235 Å². The average Bonchev–Trinajstić information content (AvgIpc) is 3.68. The lowest BCUT2D eigenvalue weighted by Gasteiger charge is -2.30. The van der Waals surface area contributed by atoms with Crippen LogP contribution in [0.4, 0.5) is 5.69 Å². The van der Waals surface area contributed by atoms with Crippen molar-refractivity contribution in [1.29, 1.82) is 0 Å². The maximum atomic E-state index is 3.95. The van der Waals surface area contributed by atoms with Crippen LogP contribution in [-0.2, 0) is 0 Å². The minimum Gasteiger partial charge on any atom is -0.359 e. The lowest BCUT2D eigenvalue weighted by atomic mass is 9.85. The zero-order valence-corrected chi connectivity index (χ0v) is 30.3. The molecule has 1 N–H and O–H groups in total. The first-order valence-corrected chi connectivity index (χ1v) is 19.0. The highest BCUT2D eigenvalue weighted by molar-refractivity contribution is 6.22. The van der Waals surface area contributed by atoms with Gasteiger partial charge in [0.1, 0.15) is 6.17 Å². The number of benzene rings is 9. The van der Waals surface area contributed by atoms with E-state index in [1.807, 2.05) is 0 Å². The van der Waals surface area contributed by atoms with Crippen LogP contribution in [0.1, 0.15) is 22.9 Å². The first kappa shape index (κ1) is 32.5. The Morgan fingerprint density at radius 3 is 1.33 bits per heavy atom. The maximum Gasteiger partial charge on any atom is 0.130 e. The summed E-state index contributed by atoms with van der Waals surface area (Å²) in [5.41, 5.74) is 14.3. The molecule has 0 amide bonds. The summed E-state index contributed by atoms with van der Waals surface area (Å²) < 4.78 is 0. The first-order chi connectivity index (χ1) is 27.3. The lowest BCUT2D eigenvalue weighted by molar-refractivity contribution is 0.679. The summed E-state index contributed by atoms with van der Waals surface area (Å²) >= 11 is 0. The van der Waals surface area contributed by atoms with E-state index in [1.54, 1.807) is 0 Å². The number of hydrogen-bond acceptors (Lipinski definition) is 2. The predicted octanol–water partition coefficient (Wildman–Crippen LogP) is 13.6. The van der Waals surface area contributed by atoms with Crippen molar-refractivity contribution in [2.24, 2.45) is 0 Å². The Labute approximate surface area is 322 Å². The van der Waals surface area contributed by atoms with Gasteiger partial charge < -0.3 is 10.2 Å². The molecule has 0 spiro atoms. The second kappa shape index (κ2) is 14.0. The summed E-state index contributed by atoms with van der Waals surface area (Å²) in [6.07, 6.45) is -0.0868. The van der Waals surface area contributed by atoms with E-state index in [0.717, 1.165) is 22.6 Å². The molecule has 0 aromatic heterocycles. The summed E-state index contributed by atoms with van der Waals surface area (Å²) in [6.45, 7) is 0. The van der Waals surface area contributed by atoms with Crippen LogP contribution >= 0.6 is 0 Å². The molecule has 0 fully saturated rings. The Morgan fingerprint density at radius 2 is 0.764 bits per heavy atom. The topological polar surface area (TPSA) is 15.3 Å². The molecule has 1 heterocycles. The van der Waals surface area contributed by atoms with Crippen molar-refractivity contribution in [1.82, 2.24) is 5.32 Å². The van der Waals surface area contributed by atoms with Crippen molar-refractivity contribution in [3.63, 3.8) is 0 Å². The van der Waals surface area contributed by atoms with E-state index < -0.39 is 0 Å². The van der Waals surface area contributed by atoms with Crippen molar-refractivity contribution >= 4 is 38.6 Å². The van der Waals surface area contributed by atoms with Gasteiger partial charge in [0, 0.05) is 11.3 Å². The molecule has 9 aromatic rings. The molecule has 2 heteroatoms. The van der Waals surface area contributed by atoms with Gasteiger partial charge in [-0.05, 0) is 84.3 Å². The third-order valence-electron chi connectivity index (χ3n) is 10.9. The SMILES string of the molecule is c1ccc(C2=C(c3ccccc3)N(c3ccc(-c4ccc5c(-c6ccccc6)c6ccccc6c(-c6ccccc6)c5c4)cc3)C(c3ccccc3)N2)cc1. The highest BCUT2D eigenvalue weighted by Crippen LogP contribution is 2.46. The van der Waals surface area contributed by atoms with Crippen molar-refractivity contribution in [2.75, 3.05) is 4.90 Å². The van der Waals surface area contributed by atoms with E-state index >= 15 is 0 Å². The Kier molecular flexibility index (Phi) is 8.27. The fraction of sp³-hybridized carbons (Fsp3) is 0.0189. The van der Waals surface area contributed by atoms with E-state index in [1.165, 1.54) is 66.1 Å². The van der Waals surface area contributed by atoms with E-state index in [-0.39, 0.29) is 6.17 Å². The van der Waals surface area contributed by atoms with Crippen LogP contribution in [0.15, 0.2) is 218 Å². The summed E-state index contributed by atoms with van der Waals surface area (Å²) in [4.78, 5) is 2.46. The van der Waals surface area contributed by atoms with Crippen LogP contribution in [0.2, 0.25) is 0 Å². The Balaban J connectivity index is 1.14.